The molecule has 0 rings (SSSR count). The molecule has 6 heteroatoms. The molecule has 86 valence electrons. The van der Waals surface area contributed by atoms with Gasteiger partial charge in [-0.1, -0.05) is 0 Å². The van der Waals surface area contributed by atoms with Gasteiger partial charge in [-0.3, -0.25) is 0 Å². The lowest BCUT2D eigenvalue weighted by atomic mass is 10.5. The van der Waals surface area contributed by atoms with E-state index in [-0.39, 0.29) is 6.61 Å². The van der Waals surface area contributed by atoms with E-state index < -0.39 is 16.0 Å². The van der Waals surface area contributed by atoms with Crippen LogP contribution >= 0.6 is 0 Å². The molecule has 1 N–H and O–H groups in total. The van der Waals surface area contributed by atoms with Gasteiger partial charge >= 0.3 is 10.0 Å². The van der Waals surface area contributed by atoms with E-state index in [2.05, 4.69) is 0 Å². The topological polar surface area (TPSA) is 57.2 Å². The molecule has 0 bridgehead atoms. The first kappa shape index (κ1) is 14.0. The molecule has 0 spiro atoms. The SMILES string of the molecule is CCOCC(OCC)(OCC)O[SiH2]O. The maximum absolute atomic E-state index is 8.86. The highest BCUT2D eigenvalue weighted by atomic mass is 28.2. The minimum absolute atomic E-state index is 0.179. The van der Waals surface area contributed by atoms with Crippen molar-refractivity contribution in [3.63, 3.8) is 0 Å². The molecule has 0 aliphatic rings. The first-order chi connectivity index (χ1) is 6.74. The average Bonchev–Trinajstić information content (AvgIpc) is 2.16. The molecule has 0 atom stereocenters. The van der Waals surface area contributed by atoms with Gasteiger partial charge in [0.05, 0.1) is 0 Å². The third-order valence-electron chi connectivity index (χ3n) is 1.50. The lowest BCUT2D eigenvalue weighted by Crippen LogP contribution is -2.45. The van der Waals surface area contributed by atoms with Gasteiger partial charge in [-0.05, 0) is 20.8 Å². The van der Waals surface area contributed by atoms with Crippen LogP contribution in [0.1, 0.15) is 20.8 Å². The van der Waals surface area contributed by atoms with Crippen molar-refractivity contribution >= 4 is 10.0 Å². The lowest BCUT2D eigenvalue weighted by molar-refractivity contribution is -0.361. The number of hydrogen-bond donors (Lipinski definition) is 1. The van der Waals surface area contributed by atoms with Gasteiger partial charge in [0.25, 0.3) is 5.97 Å². The second-order valence-electron chi connectivity index (χ2n) is 2.46. The van der Waals surface area contributed by atoms with Crippen LogP contribution in [0.5, 0.6) is 0 Å². The summed E-state index contributed by atoms with van der Waals surface area (Å²) in [4.78, 5) is 8.86. The zero-order valence-electron chi connectivity index (χ0n) is 9.12. The minimum Gasteiger partial charge on any atom is -0.415 e. The fourth-order valence-electron chi connectivity index (χ4n) is 1.02. The van der Waals surface area contributed by atoms with Crippen molar-refractivity contribution in [2.24, 2.45) is 0 Å². The fraction of sp³-hybridized carbons (Fsp3) is 1.00. The number of hydrogen-bond acceptors (Lipinski definition) is 5. The van der Waals surface area contributed by atoms with Gasteiger partial charge in [0, 0.05) is 19.8 Å². The van der Waals surface area contributed by atoms with Gasteiger partial charge < -0.3 is 23.4 Å². The van der Waals surface area contributed by atoms with E-state index >= 15 is 0 Å². The lowest BCUT2D eigenvalue weighted by Gasteiger charge is -2.31. The molecule has 0 radical (unpaired) electrons. The van der Waals surface area contributed by atoms with Crippen molar-refractivity contribution in [1.82, 2.24) is 0 Å². The number of rotatable bonds is 9. The molecule has 0 aliphatic carbocycles. The Morgan fingerprint density at radius 2 is 1.64 bits per heavy atom. The van der Waals surface area contributed by atoms with E-state index in [0.29, 0.717) is 19.8 Å². The van der Waals surface area contributed by atoms with Crippen molar-refractivity contribution < 1.29 is 23.4 Å². The van der Waals surface area contributed by atoms with Gasteiger partial charge in [-0.15, -0.1) is 0 Å². The van der Waals surface area contributed by atoms with Crippen LogP contribution in [0, 0.1) is 0 Å². The van der Waals surface area contributed by atoms with Gasteiger partial charge in [-0.2, -0.15) is 0 Å². The Kier molecular flexibility index (Phi) is 8.35. The smallest absolute Gasteiger partial charge is 0.307 e. The Balaban J connectivity index is 4.21. The molecule has 0 fully saturated rings. The van der Waals surface area contributed by atoms with E-state index in [1.165, 1.54) is 0 Å². The van der Waals surface area contributed by atoms with Crippen LogP contribution < -0.4 is 0 Å². The first-order valence-corrected chi connectivity index (χ1v) is 6.06. The molecule has 14 heavy (non-hydrogen) atoms. The Hall–Kier alpha value is 0.0169. The maximum atomic E-state index is 8.86. The first-order valence-electron chi connectivity index (χ1n) is 4.85. The normalized spacial score (nSPS) is 12.9. The van der Waals surface area contributed by atoms with Crippen molar-refractivity contribution in [3.05, 3.63) is 0 Å². The van der Waals surface area contributed by atoms with E-state index in [9.17, 15) is 0 Å². The largest absolute Gasteiger partial charge is 0.415 e. The molecule has 5 nitrogen and oxygen atoms in total. The Labute approximate surface area is 87.4 Å². The summed E-state index contributed by atoms with van der Waals surface area (Å²) in [5.74, 6) is -1.21. The maximum Gasteiger partial charge on any atom is 0.307 e. The Morgan fingerprint density at radius 3 is 2.00 bits per heavy atom. The predicted molar refractivity (Wildman–Crippen MR) is 54.3 cm³/mol. The summed E-state index contributed by atoms with van der Waals surface area (Å²) in [7, 11) is -1.59. The average molecular weight is 224 g/mol. The summed E-state index contributed by atoms with van der Waals surface area (Å²) in [5, 5.41) is 0. The molecule has 0 heterocycles. The van der Waals surface area contributed by atoms with E-state index in [1.807, 2.05) is 20.8 Å². The van der Waals surface area contributed by atoms with E-state index in [0.717, 1.165) is 0 Å². The Morgan fingerprint density at radius 1 is 1.07 bits per heavy atom. The van der Waals surface area contributed by atoms with Crippen molar-refractivity contribution in [3.8, 4) is 0 Å². The van der Waals surface area contributed by atoms with Gasteiger partial charge in [-0.25, -0.2) is 0 Å². The molecule has 0 aromatic carbocycles. The standard InChI is InChI=1S/C8H20O5Si/c1-4-10-7-8(11-5-2,12-6-3)13-14-9/h9H,4-7,14H2,1-3H3. The van der Waals surface area contributed by atoms with Gasteiger partial charge in [0.2, 0.25) is 0 Å². The van der Waals surface area contributed by atoms with Gasteiger partial charge in [0.15, 0.2) is 0 Å². The van der Waals surface area contributed by atoms with Crippen LogP contribution in [0.2, 0.25) is 0 Å². The Bertz CT molecular complexity index is 116. The number of ether oxygens (including phenoxy) is 3. The third kappa shape index (κ3) is 5.04. The summed E-state index contributed by atoms with van der Waals surface area (Å²) < 4.78 is 21.0. The van der Waals surface area contributed by atoms with Gasteiger partial charge in [0.1, 0.15) is 6.61 Å². The third-order valence-corrected chi connectivity index (χ3v) is 2.06. The quantitative estimate of drug-likeness (QED) is 0.432. The highest BCUT2D eigenvalue weighted by Crippen LogP contribution is 2.15. The van der Waals surface area contributed by atoms with Crippen LogP contribution in [0.4, 0.5) is 0 Å². The van der Waals surface area contributed by atoms with Crippen molar-refractivity contribution in [2.75, 3.05) is 26.4 Å². The van der Waals surface area contributed by atoms with Crippen molar-refractivity contribution in [1.29, 1.82) is 0 Å². The summed E-state index contributed by atoms with van der Waals surface area (Å²) in [6, 6.07) is 0. The zero-order valence-corrected chi connectivity index (χ0v) is 10.5. The molecule has 0 unspecified atom stereocenters. The minimum atomic E-state index is -1.59. The van der Waals surface area contributed by atoms with Crippen LogP contribution in [0.3, 0.4) is 0 Å². The van der Waals surface area contributed by atoms with Crippen LogP contribution in [0.25, 0.3) is 0 Å². The van der Waals surface area contributed by atoms with Crippen LogP contribution in [0.15, 0.2) is 0 Å². The summed E-state index contributed by atoms with van der Waals surface area (Å²) in [5.41, 5.74) is 0. The molecular formula is C8H20O5Si. The zero-order chi connectivity index (χ0) is 10.9. The molecule has 0 aromatic heterocycles. The molecule has 0 saturated heterocycles. The predicted octanol–water partition coefficient (Wildman–Crippen LogP) is -0.243. The molecular weight excluding hydrogens is 204 g/mol. The van der Waals surface area contributed by atoms with E-state index in [4.69, 9.17) is 23.4 Å². The van der Waals surface area contributed by atoms with Crippen LogP contribution in [-0.4, -0.2) is 47.2 Å². The second kappa shape index (κ2) is 8.34. The molecule has 0 aliphatic heterocycles. The highest BCUT2D eigenvalue weighted by molar-refractivity contribution is 6.15. The van der Waals surface area contributed by atoms with E-state index in [1.54, 1.807) is 0 Å². The summed E-state index contributed by atoms with van der Waals surface area (Å²) >= 11 is 0. The fourth-order valence-corrected chi connectivity index (χ4v) is 1.46. The highest BCUT2D eigenvalue weighted by Gasteiger charge is 2.32. The monoisotopic (exact) mass is 224 g/mol. The molecule has 0 amide bonds. The second-order valence-corrected chi connectivity index (χ2v) is 3.01. The molecule has 0 aromatic rings. The summed E-state index contributed by atoms with van der Waals surface area (Å²) in [6.07, 6.45) is 0. The summed E-state index contributed by atoms with van der Waals surface area (Å²) in [6.45, 7) is 7.17. The van der Waals surface area contributed by atoms with Crippen LogP contribution in [-0.2, 0) is 18.6 Å². The van der Waals surface area contributed by atoms with Crippen molar-refractivity contribution in [2.45, 2.75) is 26.7 Å². The molecule has 0 saturated carbocycles.